The first-order chi connectivity index (χ1) is 11.6. The van der Waals surface area contributed by atoms with Gasteiger partial charge in [-0.2, -0.15) is 11.8 Å². The molecule has 1 aromatic rings. The number of nitrogens with zero attached hydrogens (tertiary/aromatic N) is 2. The third kappa shape index (κ3) is 9.43. The molecule has 0 saturated heterocycles. The molecule has 0 spiro atoms. The predicted molar refractivity (Wildman–Crippen MR) is 97.6 cm³/mol. The van der Waals surface area contributed by atoms with Crippen LogP contribution in [-0.4, -0.2) is 48.2 Å². The molecular formula is C15H21N3O4S2. The van der Waals surface area contributed by atoms with Gasteiger partial charge >= 0.3 is 12.1 Å². The molecule has 0 fully saturated rings. The van der Waals surface area contributed by atoms with Gasteiger partial charge in [-0.25, -0.2) is 13.8 Å². The second-order valence-corrected chi connectivity index (χ2v) is 6.41. The minimum Gasteiger partial charge on any atom is -0.461 e. The van der Waals surface area contributed by atoms with Crippen molar-refractivity contribution in [1.29, 1.82) is 0 Å². The summed E-state index contributed by atoms with van der Waals surface area (Å²) in [6.07, 6.45) is 3.03. The molecule has 1 N–H and O–H groups in total. The van der Waals surface area contributed by atoms with E-state index in [1.165, 1.54) is 17.6 Å². The first kappa shape index (κ1) is 20.3. The van der Waals surface area contributed by atoms with Crippen LogP contribution in [-0.2, 0) is 21.0 Å². The quantitative estimate of drug-likeness (QED) is 0.169. The van der Waals surface area contributed by atoms with Crippen LogP contribution in [0.3, 0.4) is 0 Å². The summed E-state index contributed by atoms with van der Waals surface area (Å²) < 4.78 is 9.27. The van der Waals surface area contributed by atoms with Crippen LogP contribution in [0.4, 0.5) is 4.79 Å². The van der Waals surface area contributed by atoms with Crippen LogP contribution >= 0.6 is 23.9 Å². The number of hydrogen-bond acceptors (Lipinski definition) is 8. The van der Waals surface area contributed by atoms with Gasteiger partial charge in [0.25, 0.3) is 0 Å². The van der Waals surface area contributed by atoms with Crippen LogP contribution in [0.25, 0.3) is 0 Å². The van der Waals surface area contributed by atoms with E-state index in [4.69, 9.17) is 4.74 Å². The van der Waals surface area contributed by atoms with Gasteiger partial charge in [0.15, 0.2) is 0 Å². The first-order valence-corrected chi connectivity index (χ1v) is 9.35. The van der Waals surface area contributed by atoms with Crippen molar-refractivity contribution in [2.45, 2.75) is 13.0 Å². The Morgan fingerprint density at radius 1 is 1.33 bits per heavy atom. The third-order valence-electron chi connectivity index (χ3n) is 2.58. The number of ether oxygens (including phenoxy) is 1. The van der Waals surface area contributed by atoms with Gasteiger partial charge in [0.1, 0.15) is 6.61 Å². The lowest BCUT2D eigenvalue weighted by Crippen LogP contribution is -2.25. The summed E-state index contributed by atoms with van der Waals surface area (Å²) in [5.41, 5.74) is 0.942. The van der Waals surface area contributed by atoms with Gasteiger partial charge in [0, 0.05) is 31.5 Å². The topological polar surface area (TPSA) is 80.2 Å². The van der Waals surface area contributed by atoms with E-state index in [1.54, 1.807) is 11.8 Å². The van der Waals surface area contributed by atoms with Crippen LogP contribution in [0.5, 0.6) is 0 Å². The molecule has 9 heteroatoms. The van der Waals surface area contributed by atoms with E-state index < -0.39 is 6.09 Å². The van der Waals surface area contributed by atoms with Gasteiger partial charge in [-0.1, -0.05) is 35.5 Å². The SMILES string of the molecule is CSCC=NOC(=O)N(C)SNCCC(=O)OCc1ccccc1. The number of esters is 1. The molecule has 0 aliphatic carbocycles. The Morgan fingerprint density at radius 3 is 2.79 bits per heavy atom. The van der Waals surface area contributed by atoms with E-state index in [0.717, 1.165) is 17.7 Å². The van der Waals surface area contributed by atoms with Gasteiger partial charge < -0.3 is 4.74 Å². The molecule has 0 heterocycles. The normalized spacial score (nSPS) is 10.6. The average molecular weight is 371 g/mol. The number of thioether (sulfide) groups is 1. The van der Waals surface area contributed by atoms with Crippen LogP contribution in [0.15, 0.2) is 35.5 Å². The van der Waals surface area contributed by atoms with Crippen molar-refractivity contribution in [2.24, 2.45) is 5.16 Å². The molecule has 0 bridgehead atoms. The summed E-state index contributed by atoms with van der Waals surface area (Å²) in [5.74, 6) is 0.367. The van der Waals surface area contributed by atoms with E-state index in [2.05, 4.69) is 14.7 Å². The zero-order valence-electron chi connectivity index (χ0n) is 13.6. The fraction of sp³-hybridized carbons (Fsp3) is 0.400. The smallest absolute Gasteiger partial charge is 0.446 e. The highest BCUT2D eigenvalue weighted by molar-refractivity contribution is 7.99. The monoisotopic (exact) mass is 371 g/mol. The fourth-order valence-corrected chi connectivity index (χ4v) is 2.09. The zero-order valence-corrected chi connectivity index (χ0v) is 15.3. The lowest BCUT2D eigenvalue weighted by molar-refractivity contribution is -0.144. The minimum atomic E-state index is -0.600. The molecule has 0 saturated carbocycles. The van der Waals surface area contributed by atoms with Crippen molar-refractivity contribution >= 4 is 42.2 Å². The molecule has 0 unspecified atom stereocenters. The Balaban J connectivity index is 2.09. The average Bonchev–Trinajstić information content (AvgIpc) is 2.61. The standard InChI is InChI=1S/C15H21N3O4S2/c1-18(15(20)22-16-10-11-23-2)24-17-9-8-14(19)21-12-13-6-4-3-5-7-13/h3-7,10,17H,8-9,11-12H2,1-2H3. The van der Waals surface area contributed by atoms with Crippen LogP contribution in [0.1, 0.15) is 12.0 Å². The Bertz CT molecular complexity index is 529. The van der Waals surface area contributed by atoms with E-state index in [0.29, 0.717) is 12.3 Å². The van der Waals surface area contributed by atoms with E-state index in [9.17, 15) is 9.59 Å². The number of carbonyl (C=O) groups excluding carboxylic acids is 2. The van der Waals surface area contributed by atoms with Crippen molar-refractivity contribution in [1.82, 2.24) is 9.03 Å². The Hall–Kier alpha value is -1.71. The number of hydrogen-bond donors (Lipinski definition) is 1. The lowest BCUT2D eigenvalue weighted by atomic mass is 10.2. The number of rotatable bonds is 10. The van der Waals surface area contributed by atoms with Crippen molar-refractivity contribution in [3.8, 4) is 0 Å². The van der Waals surface area contributed by atoms with Crippen LogP contribution < -0.4 is 4.72 Å². The summed E-state index contributed by atoms with van der Waals surface area (Å²) in [6.45, 7) is 0.624. The van der Waals surface area contributed by atoms with Gasteiger partial charge in [-0.3, -0.25) is 9.63 Å². The second kappa shape index (κ2) is 12.7. The van der Waals surface area contributed by atoms with Gasteiger partial charge in [-0.15, -0.1) is 0 Å². The number of amides is 1. The number of benzene rings is 1. The molecule has 0 aliphatic heterocycles. The number of nitrogens with one attached hydrogen (secondary N) is 1. The molecule has 0 radical (unpaired) electrons. The fourth-order valence-electron chi connectivity index (χ4n) is 1.39. The second-order valence-electron chi connectivity index (χ2n) is 4.48. The molecular weight excluding hydrogens is 350 g/mol. The van der Waals surface area contributed by atoms with E-state index in [1.807, 2.05) is 36.6 Å². The molecule has 1 aromatic carbocycles. The highest BCUT2D eigenvalue weighted by Gasteiger charge is 2.11. The molecule has 1 rings (SSSR count). The summed E-state index contributed by atoms with van der Waals surface area (Å²) in [6, 6.07) is 9.47. The van der Waals surface area contributed by atoms with Crippen molar-refractivity contribution in [3.63, 3.8) is 0 Å². The highest BCUT2D eigenvalue weighted by Crippen LogP contribution is 2.05. The van der Waals surface area contributed by atoms with Gasteiger partial charge in [-0.05, 0) is 11.8 Å². The number of oxime groups is 1. The molecule has 7 nitrogen and oxygen atoms in total. The maximum Gasteiger partial charge on any atom is 0.446 e. The van der Waals surface area contributed by atoms with Gasteiger partial charge in [0.05, 0.1) is 12.6 Å². The van der Waals surface area contributed by atoms with Crippen LogP contribution in [0.2, 0.25) is 0 Å². The maximum atomic E-state index is 11.6. The van der Waals surface area contributed by atoms with E-state index >= 15 is 0 Å². The number of carbonyl (C=O) groups is 2. The molecule has 0 atom stereocenters. The zero-order chi connectivity index (χ0) is 17.6. The van der Waals surface area contributed by atoms with Crippen molar-refractivity contribution in [3.05, 3.63) is 35.9 Å². The first-order valence-electron chi connectivity index (χ1n) is 7.18. The molecule has 1 amide bonds. The van der Waals surface area contributed by atoms with Crippen molar-refractivity contribution < 1.29 is 19.2 Å². The molecule has 0 aliphatic rings. The highest BCUT2D eigenvalue weighted by atomic mass is 32.2. The lowest BCUT2D eigenvalue weighted by Gasteiger charge is -2.13. The maximum absolute atomic E-state index is 11.6. The predicted octanol–water partition coefficient (Wildman–Crippen LogP) is 2.69. The Kier molecular flexibility index (Phi) is 10.7. The minimum absolute atomic E-state index is 0.203. The van der Waals surface area contributed by atoms with Crippen molar-refractivity contribution in [2.75, 3.05) is 25.6 Å². The summed E-state index contributed by atoms with van der Waals surface area (Å²) in [7, 11) is 1.54. The van der Waals surface area contributed by atoms with E-state index in [-0.39, 0.29) is 19.0 Å². The summed E-state index contributed by atoms with van der Waals surface area (Å²) >= 11 is 2.59. The summed E-state index contributed by atoms with van der Waals surface area (Å²) in [5, 5.41) is 3.54. The molecule has 24 heavy (non-hydrogen) atoms. The third-order valence-corrected chi connectivity index (χ3v) is 3.82. The Morgan fingerprint density at radius 2 is 2.08 bits per heavy atom. The largest absolute Gasteiger partial charge is 0.461 e. The van der Waals surface area contributed by atoms with Crippen LogP contribution in [0, 0.1) is 0 Å². The molecule has 0 aromatic heterocycles. The molecule has 132 valence electrons. The van der Waals surface area contributed by atoms with Gasteiger partial charge in [0.2, 0.25) is 0 Å². The summed E-state index contributed by atoms with van der Waals surface area (Å²) in [4.78, 5) is 27.8. The Labute approximate surface area is 150 Å².